The largest absolute Gasteiger partial charge is 0.472 e. The molecule has 0 fully saturated rings. The molecule has 1 aromatic rings. The first-order chi connectivity index (χ1) is 14.2. The van der Waals surface area contributed by atoms with Gasteiger partial charge in [-0.1, -0.05) is 25.7 Å². The Bertz CT molecular complexity index is 830. The Kier molecular flexibility index (Phi) is 8.21. The summed E-state index contributed by atoms with van der Waals surface area (Å²) in [4.78, 5) is 32.8. The highest BCUT2D eigenvalue weighted by atomic mass is 16.5. The van der Waals surface area contributed by atoms with Gasteiger partial charge in [0.2, 0.25) is 11.8 Å². The quantitative estimate of drug-likeness (QED) is 0.690. The fraction of sp³-hybridized carbons (Fsp3) is 0.591. The molecule has 0 radical (unpaired) electrons. The second-order valence-corrected chi connectivity index (χ2v) is 7.77. The lowest BCUT2D eigenvalue weighted by molar-refractivity contribution is -0.131. The zero-order valence-corrected chi connectivity index (χ0v) is 18.3. The number of rotatable bonds is 5. The zero-order chi connectivity index (χ0) is 22.4. The van der Waals surface area contributed by atoms with E-state index in [1.807, 2.05) is 6.92 Å². The summed E-state index contributed by atoms with van der Waals surface area (Å²) in [6, 6.07) is 1.19. The number of amides is 2. The van der Waals surface area contributed by atoms with Crippen molar-refractivity contribution in [2.24, 2.45) is 5.92 Å². The summed E-state index contributed by atoms with van der Waals surface area (Å²) in [6.45, 7) is 7.62. The smallest absolute Gasteiger partial charge is 0.259 e. The van der Waals surface area contributed by atoms with Gasteiger partial charge in [0.25, 0.3) is 5.91 Å². The van der Waals surface area contributed by atoms with Crippen molar-refractivity contribution in [2.45, 2.75) is 52.4 Å². The van der Waals surface area contributed by atoms with E-state index in [1.54, 1.807) is 43.7 Å². The number of ether oxygens (including phenoxy) is 1. The minimum Gasteiger partial charge on any atom is -0.472 e. The summed E-state index contributed by atoms with van der Waals surface area (Å²) >= 11 is 0. The molecule has 1 aromatic heterocycles. The van der Waals surface area contributed by atoms with E-state index in [1.165, 1.54) is 6.20 Å². The summed E-state index contributed by atoms with van der Waals surface area (Å²) in [5, 5.41) is 19.1. The van der Waals surface area contributed by atoms with Gasteiger partial charge < -0.3 is 24.7 Å². The highest BCUT2D eigenvalue weighted by molar-refractivity contribution is 5.97. The van der Waals surface area contributed by atoms with Gasteiger partial charge in [-0.2, -0.15) is 0 Å². The monoisotopic (exact) mass is 417 g/mol. The van der Waals surface area contributed by atoms with Crippen molar-refractivity contribution in [2.75, 3.05) is 26.7 Å². The molecule has 4 atom stereocenters. The third-order valence-electron chi connectivity index (χ3n) is 5.13. The highest BCUT2D eigenvalue weighted by Gasteiger charge is 2.34. The van der Waals surface area contributed by atoms with E-state index in [2.05, 4.69) is 16.8 Å². The van der Waals surface area contributed by atoms with E-state index < -0.39 is 12.1 Å². The minimum atomic E-state index is -0.804. The average molecular weight is 418 g/mol. The van der Waals surface area contributed by atoms with Crippen LogP contribution >= 0.6 is 0 Å². The first-order valence-corrected chi connectivity index (χ1v) is 10.2. The summed E-state index contributed by atoms with van der Waals surface area (Å²) in [7, 11) is 1.73. The molecular formula is C22H31N3O5. The molecule has 0 saturated carbocycles. The Morgan fingerprint density at radius 2 is 2.17 bits per heavy atom. The van der Waals surface area contributed by atoms with Crippen molar-refractivity contribution in [1.82, 2.24) is 14.8 Å². The van der Waals surface area contributed by atoms with Crippen molar-refractivity contribution in [3.63, 3.8) is 0 Å². The molecule has 1 aliphatic heterocycles. The number of carbonyl (C=O) groups excluding carboxylic acids is 2. The maximum atomic E-state index is 13.2. The van der Waals surface area contributed by atoms with E-state index in [0.717, 1.165) is 0 Å². The number of aliphatic hydroxyl groups is 2. The first-order valence-electron chi connectivity index (χ1n) is 10.2. The van der Waals surface area contributed by atoms with E-state index in [-0.39, 0.29) is 41.9 Å². The van der Waals surface area contributed by atoms with Crippen LogP contribution in [0.15, 0.2) is 12.3 Å². The van der Waals surface area contributed by atoms with Crippen molar-refractivity contribution in [3.8, 4) is 17.7 Å². The van der Waals surface area contributed by atoms with E-state index in [4.69, 9.17) is 4.74 Å². The summed E-state index contributed by atoms with van der Waals surface area (Å²) in [5.74, 6) is 5.20. The van der Waals surface area contributed by atoms with E-state index in [0.29, 0.717) is 25.1 Å². The van der Waals surface area contributed by atoms with Crippen LogP contribution in [0.5, 0.6) is 5.88 Å². The van der Waals surface area contributed by atoms with Gasteiger partial charge in [0.05, 0.1) is 19.2 Å². The molecule has 0 aliphatic carbocycles. The van der Waals surface area contributed by atoms with Crippen molar-refractivity contribution in [3.05, 3.63) is 23.4 Å². The Morgan fingerprint density at radius 1 is 1.47 bits per heavy atom. The molecule has 0 unspecified atom stereocenters. The van der Waals surface area contributed by atoms with Crippen LogP contribution in [0.1, 0.15) is 50.0 Å². The van der Waals surface area contributed by atoms with E-state index >= 15 is 0 Å². The predicted molar refractivity (Wildman–Crippen MR) is 112 cm³/mol. The predicted octanol–water partition coefficient (Wildman–Crippen LogP) is 0.902. The van der Waals surface area contributed by atoms with Crippen LogP contribution in [-0.2, 0) is 4.79 Å². The molecular weight excluding hydrogens is 386 g/mol. The lowest BCUT2D eigenvalue weighted by atomic mass is 10.00. The Balaban J connectivity index is 2.47. The number of carbonyl (C=O) groups is 2. The topological polar surface area (TPSA) is 103 Å². The van der Waals surface area contributed by atoms with Gasteiger partial charge >= 0.3 is 0 Å². The molecule has 30 heavy (non-hydrogen) atoms. The van der Waals surface area contributed by atoms with Crippen molar-refractivity contribution < 1.29 is 24.5 Å². The molecule has 1 aliphatic rings. The third kappa shape index (κ3) is 5.71. The lowest BCUT2D eigenvalue weighted by Crippen LogP contribution is -2.50. The maximum Gasteiger partial charge on any atom is 0.259 e. The number of hydrogen-bond acceptors (Lipinski definition) is 6. The Labute approximate surface area is 177 Å². The number of aliphatic hydroxyl groups excluding tert-OH is 2. The number of pyridine rings is 1. The molecule has 0 aromatic carbocycles. The number of likely N-dealkylation sites (N-methyl/N-ethyl adjacent to an activating group) is 1. The Hall–Kier alpha value is -2.63. The van der Waals surface area contributed by atoms with Gasteiger partial charge in [-0.15, -0.1) is 0 Å². The molecule has 0 bridgehead atoms. The molecule has 2 N–H and O–H groups in total. The standard InChI is InChI=1S/C22H31N3O5/c1-6-20(28)24(5)12-19-14(2)11-25(15(3)13-26)22(29)18-9-17(8-7-16(4)27)10-23-21(18)30-19/h9-10,14-16,19,26-27H,6,11-13H2,1-5H3/t14-,15-,16-,19+/m1/s1. The number of aromatic nitrogens is 1. The van der Waals surface area contributed by atoms with E-state index in [9.17, 15) is 19.8 Å². The number of hydrogen-bond donors (Lipinski definition) is 2. The maximum absolute atomic E-state index is 13.2. The van der Waals surface area contributed by atoms with Gasteiger partial charge in [-0.25, -0.2) is 4.98 Å². The summed E-state index contributed by atoms with van der Waals surface area (Å²) in [6.07, 6.45) is 0.699. The molecule has 8 nitrogen and oxygen atoms in total. The summed E-state index contributed by atoms with van der Waals surface area (Å²) in [5.41, 5.74) is 0.723. The van der Waals surface area contributed by atoms with Crippen LogP contribution < -0.4 is 4.74 Å². The van der Waals surface area contributed by atoms with Crippen LogP contribution in [0.3, 0.4) is 0 Å². The van der Waals surface area contributed by atoms with Gasteiger partial charge in [-0.3, -0.25) is 9.59 Å². The third-order valence-corrected chi connectivity index (χ3v) is 5.13. The number of fused-ring (bicyclic) bond motifs is 1. The molecule has 164 valence electrons. The second kappa shape index (κ2) is 10.4. The second-order valence-electron chi connectivity index (χ2n) is 7.77. The SMILES string of the molecule is CCC(=O)N(C)C[C@@H]1Oc2ncc(C#C[C@@H](C)O)cc2C(=O)N([C@H](C)CO)C[C@H]1C. The fourth-order valence-corrected chi connectivity index (χ4v) is 3.22. The fourth-order valence-electron chi connectivity index (χ4n) is 3.22. The van der Waals surface area contributed by atoms with Crippen LogP contribution in [0.4, 0.5) is 0 Å². The molecule has 8 heteroatoms. The first kappa shape index (κ1) is 23.6. The van der Waals surface area contributed by atoms with Crippen LogP contribution in [0, 0.1) is 17.8 Å². The van der Waals surface area contributed by atoms with Gasteiger partial charge in [0, 0.05) is 37.7 Å². The van der Waals surface area contributed by atoms with Gasteiger partial charge in [-0.05, 0) is 19.9 Å². The molecule has 2 rings (SSSR count). The van der Waals surface area contributed by atoms with Gasteiger partial charge in [0.15, 0.2) is 0 Å². The van der Waals surface area contributed by atoms with Crippen LogP contribution in [0.2, 0.25) is 0 Å². The zero-order valence-electron chi connectivity index (χ0n) is 18.3. The highest BCUT2D eigenvalue weighted by Crippen LogP contribution is 2.27. The Morgan fingerprint density at radius 3 is 2.77 bits per heavy atom. The molecule has 0 spiro atoms. The van der Waals surface area contributed by atoms with Gasteiger partial charge in [0.1, 0.15) is 17.8 Å². The normalized spacial score (nSPS) is 20.6. The van der Waals surface area contributed by atoms with Crippen LogP contribution in [-0.4, -0.2) is 81.8 Å². The van der Waals surface area contributed by atoms with Crippen molar-refractivity contribution in [1.29, 1.82) is 0 Å². The average Bonchev–Trinajstić information content (AvgIpc) is 2.73. The van der Waals surface area contributed by atoms with Crippen LogP contribution in [0.25, 0.3) is 0 Å². The molecule has 2 heterocycles. The molecule has 0 saturated heterocycles. The van der Waals surface area contributed by atoms with Crippen molar-refractivity contribution >= 4 is 11.8 Å². The minimum absolute atomic E-state index is 0.00134. The lowest BCUT2D eigenvalue weighted by Gasteiger charge is -2.37. The summed E-state index contributed by atoms with van der Waals surface area (Å²) < 4.78 is 6.11. The molecule has 2 amide bonds. The number of nitrogens with zero attached hydrogens (tertiary/aromatic N) is 3.